The lowest BCUT2D eigenvalue weighted by Crippen LogP contribution is -2.15. The standard InChI is InChI=1S/C15H22N4O/c1-2-11(7-8-16)3-6-15(20)18-13-4-5-14-12(9-13)10-17-19-14/h4-5,9-11H,2-3,6-8,16H2,1H3,(H,17,19)(H,18,20). The Morgan fingerprint density at radius 3 is 3.05 bits per heavy atom. The molecule has 1 atom stereocenters. The number of carbonyl (C=O) groups excluding carboxylic acids is 1. The molecule has 0 bridgehead atoms. The van der Waals surface area contributed by atoms with E-state index >= 15 is 0 Å². The number of fused-ring (bicyclic) bond motifs is 1. The Balaban J connectivity index is 1.87. The Bertz CT molecular complexity index is 564. The van der Waals surface area contributed by atoms with Crippen molar-refractivity contribution in [1.82, 2.24) is 10.2 Å². The van der Waals surface area contributed by atoms with Gasteiger partial charge >= 0.3 is 0 Å². The first-order chi connectivity index (χ1) is 9.72. The number of amides is 1. The van der Waals surface area contributed by atoms with Gasteiger partial charge in [-0.25, -0.2) is 0 Å². The molecular formula is C15H22N4O. The summed E-state index contributed by atoms with van der Waals surface area (Å²) in [7, 11) is 0. The Hall–Kier alpha value is -1.88. The fourth-order valence-corrected chi connectivity index (χ4v) is 2.37. The van der Waals surface area contributed by atoms with Crippen LogP contribution >= 0.6 is 0 Å². The lowest BCUT2D eigenvalue weighted by Gasteiger charge is -2.13. The minimum absolute atomic E-state index is 0.0586. The molecule has 5 heteroatoms. The molecular weight excluding hydrogens is 252 g/mol. The molecule has 0 aliphatic carbocycles. The highest BCUT2D eigenvalue weighted by molar-refractivity contribution is 5.93. The highest BCUT2D eigenvalue weighted by Crippen LogP contribution is 2.18. The number of rotatable bonds is 7. The molecule has 1 heterocycles. The maximum Gasteiger partial charge on any atom is 0.224 e. The molecule has 0 aliphatic heterocycles. The number of nitrogens with zero attached hydrogens (tertiary/aromatic N) is 1. The quantitative estimate of drug-likeness (QED) is 0.725. The summed E-state index contributed by atoms with van der Waals surface area (Å²) in [6, 6.07) is 5.73. The first-order valence-corrected chi connectivity index (χ1v) is 7.16. The lowest BCUT2D eigenvalue weighted by molar-refractivity contribution is -0.116. The minimum atomic E-state index is 0.0586. The van der Waals surface area contributed by atoms with Crippen LogP contribution in [0.5, 0.6) is 0 Å². The van der Waals surface area contributed by atoms with Crippen LogP contribution in [0.25, 0.3) is 10.9 Å². The van der Waals surface area contributed by atoms with Gasteiger partial charge in [-0.1, -0.05) is 13.3 Å². The van der Waals surface area contributed by atoms with E-state index in [2.05, 4.69) is 22.4 Å². The molecule has 0 radical (unpaired) electrons. The summed E-state index contributed by atoms with van der Waals surface area (Å²) >= 11 is 0. The van der Waals surface area contributed by atoms with Crippen LogP contribution in [0.2, 0.25) is 0 Å². The third-order valence-electron chi connectivity index (χ3n) is 3.66. The molecule has 2 aromatic rings. The molecule has 1 aromatic carbocycles. The van der Waals surface area contributed by atoms with Gasteiger partial charge < -0.3 is 11.1 Å². The van der Waals surface area contributed by atoms with Gasteiger partial charge in [-0.15, -0.1) is 0 Å². The number of carbonyl (C=O) groups is 1. The molecule has 0 spiro atoms. The third kappa shape index (κ3) is 3.81. The predicted octanol–water partition coefficient (Wildman–Crippen LogP) is 2.66. The molecule has 20 heavy (non-hydrogen) atoms. The van der Waals surface area contributed by atoms with E-state index in [0.29, 0.717) is 18.9 Å². The van der Waals surface area contributed by atoms with Crippen LogP contribution < -0.4 is 11.1 Å². The van der Waals surface area contributed by atoms with Crippen molar-refractivity contribution in [3.8, 4) is 0 Å². The first kappa shape index (κ1) is 14.5. The summed E-state index contributed by atoms with van der Waals surface area (Å²) in [5.74, 6) is 0.602. The zero-order valence-corrected chi connectivity index (χ0v) is 11.9. The van der Waals surface area contributed by atoms with E-state index in [9.17, 15) is 4.79 Å². The Morgan fingerprint density at radius 2 is 2.30 bits per heavy atom. The monoisotopic (exact) mass is 274 g/mol. The smallest absolute Gasteiger partial charge is 0.224 e. The van der Waals surface area contributed by atoms with Crippen LogP contribution in [0.1, 0.15) is 32.6 Å². The number of aromatic nitrogens is 2. The van der Waals surface area contributed by atoms with Crippen LogP contribution in [0.4, 0.5) is 5.69 Å². The van der Waals surface area contributed by atoms with E-state index in [0.717, 1.165) is 35.9 Å². The maximum atomic E-state index is 11.9. The molecule has 0 saturated carbocycles. The van der Waals surface area contributed by atoms with Crippen molar-refractivity contribution >= 4 is 22.5 Å². The number of aromatic amines is 1. The number of nitrogens with two attached hydrogens (primary N) is 1. The molecule has 0 saturated heterocycles. The molecule has 0 fully saturated rings. The highest BCUT2D eigenvalue weighted by atomic mass is 16.1. The second-order valence-electron chi connectivity index (χ2n) is 5.11. The highest BCUT2D eigenvalue weighted by Gasteiger charge is 2.09. The van der Waals surface area contributed by atoms with Gasteiger partial charge in [0.1, 0.15) is 0 Å². The van der Waals surface area contributed by atoms with Crippen LogP contribution in [0.15, 0.2) is 24.4 Å². The SMILES string of the molecule is CCC(CCN)CCC(=O)Nc1ccc2[nH]ncc2c1. The van der Waals surface area contributed by atoms with Gasteiger partial charge in [0.05, 0.1) is 11.7 Å². The zero-order valence-electron chi connectivity index (χ0n) is 11.9. The van der Waals surface area contributed by atoms with Gasteiger partial charge in [-0.3, -0.25) is 9.89 Å². The molecule has 1 unspecified atom stereocenters. The van der Waals surface area contributed by atoms with Crippen LogP contribution in [0, 0.1) is 5.92 Å². The lowest BCUT2D eigenvalue weighted by atomic mass is 9.96. The second kappa shape index (κ2) is 7.05. The molecule has 1 aromatic heterocycles. The van der Waals surface area contributed by atoms with E-state index in [1.54, 1.807) is 6.20 Å². The van der Waals surface area contributed by atoms with Crippen molar-refractivity contribution < 1.29 is 4.79 Å². The van der Waals surface area contributed by atoms with Crippen molar-refractivity contribution in [2.45, 2.75) is 32.6 Å². The molecule has 108 valence electrons. The molecule has 4 N–H and O–H groups in total. The topological polar surface area (TPSA) is 83.8 Å². The van der Waals surface area contributed by atoms with Gasteiger partial charge in [0.15, 0.2) is 0 Å². The van der Waals surface area contributed by atoms with Crippen LogP contribution in [-0.4, -0.2) is 22.6 Å². The van der Waals surface area contributed by atoms with E-state index in [4.69, 9.17) is 5.73 Å². The Labute approximate surface area is 118 Å². The van der Waals surface area contributed by atoms with E-state index in [-0.39, 0.29) is 5.91 Å². The summed E-state index contributed by atoms with van der Waals surface area (Å²) in [4.78, 5) is 11.9. The predicted molar refractivity (Wildman–Crippen MR) is 81.4 cm³/mol. The van der Waals surface area contributed by atoms with Crippen LogP contribution in [-0.2, 0) is 4.79 Å². The zero-order chi connectivity index (χ0) is 14.4. The first-order valence-electron chi connectivity index (χ1n) is 7.16. The van der Waals surface area contributed by atoms with Gasteiger partial charge in [0.25, 0.3) is 0 Å². The number of hydrogen-bond donors (Lipinski definition) is 3. The largest absolute Gasteiger partial charge is 0.330 e. The molecule has 2 rings (SSSR count). The summed E-state index contributed by atoms with van der Waals surface area (Å²) in [6.07, 6.45) is 5.25. The Morgan fingerprint density at radius 1 is 1.45 bits per heavy atom. The molecule has 1 amide bonds. The normalized spacial score (nSPS) is 12.5. The number of anilines is 1. The van der Waals surface area contributed by atoms with Gasteiger partial charge in [-0.05, 0) is 43.5 Å². The fourth-order valence-electron chi connectivity index (χ4n) is 2.37. The third-order valence-corrected chi connectivity index (χ3v) is 3.66. The molecule has 5 nitrogen and oxygen atoms in total. The van der Waals surface area contributed by atoms with Crippen molar-refractivity contribution in [1.29, 1.82) is 0 Å². The summed E-state index contributed by atoms with van der Waals surface area (Å²) in [5.41, 5.74) is 7.35. The minimum Gasteiger partial charge on any atom is -0.330 e. The number of nitrogens with one attached hydrogen (secondary N) is 2. The van der Waals surface area contributed by atoms with Crippen LogP contribution in [0.3, 0.4) is 0 Å². The van der Waals surface area contributed by atoms with E-state index < -0.39 is 0 Å². The molecule has 0 aliphatic rings. The summed E-state index contributed by atoms with van der Waals surface area (Å²) < 4.78 is 0. The number of H-pyrrole nitrogens is 1. The number of hydrogen-bond acceptors (Lipinski definition) is 3. The summed E-state index contributed by atoms with van der Waals surface area (Å²) in [6.45, 7) is 2.84. The van der Waals surface area contributed by atoms with Crippen molar-refractivity contribution in [2.24, 2.45) is 11.7 Å². The van der Waals surface area contributed by atoms with E-state index in [1.807, 2.05) is 18.2 Å². The maximum absolute atomic E-state index is 11.9. The van der Waals surface area contributed by atoms with Gasteiger partial charge in [0, 0.05) is 17.5 Å². The van der Waals surface area contributed by atoms with Crippen molar-refractivity contribution in [2.75, 3.05) is 11.9 Å². The van der Waals surface area contributed by atoms with Gasteiger partial charge in [-0.2, -0.15) is 5.10 Å². The average Bonchev–Trinajstić information content (AvgIpc) is 2.91. The van der Waals surface area contributed by atoms with Crippen molar-refractivity contribution in [3.05, 3.63) is 24.4 Å². The Kier molecular flexibility index (Phi) is 5.12. The summed E-state index contributed by atoms with van der Waals surface area (Å²) in [5, 5.41) is 10.8. The van der Waals surface area contributed by atoms with Gasteiger partial charge in [0.2, 0.25) is 5.91 Å². The van der Waals surface area contributed by atoms with Crippen molar-refractivity contribution in [3.63, 3.8) is 0 Å². The average molecular weight is 274 g/mol. The number of benzene rings is 1. The van der Waals surface area contributed by atoms with E-state index in [1.165, 1.54) is 0 Å². The second-order valence-corrected chi connectivity index (χ2v) is 5.11. The fraction of sp³-hybridized carbons (Fsp3) is 0.467.